The lowest BCUT2D eigenvalue weighted by Crippen LogP contribution is -2.32. The first kappa shape index (κ1) is 19.6. The molecule has 1 amide bonds. The average molecular weight is 380 g/mol. The predicted octanol–water partition coefficient (Wildman–Crippen LogP) is 1.46. The number of aromatic nitrogens is 2. The summed E-state index contributed by atoms with van der Waals surface area (Å²) in [5.74, 6) is -0.151. The van der Waals surface area contributed by atoms with E-state index in [-0.39, 0.29) is 18.9 Å². The molecule has 2 N–H and O–H groups in total. The Labute approximate surface area is 162 Å². The largest absolute Gasteiger partial charge is 0.352 e. The molecule has 28 heavy (non-hydrogen) atoms. The van der Waals surface area contributed by atoms with E-state index in [0.717, 1.165) is 17.7 Å². The number of H-pyrrole nitrogens is 1. The molecule has 0 aliphatic heterocycles. The van der Waals surface area contributed by atoms with E-state index in [0.29, 0.717) is 17.4 Å². The monoisotopic (exact) mass is 380 g/mol. The number of rotatable bonds is 7. The van der Waals surface area contributed by atoms with Crippen LogP contribution in [0.4, 0.5) is 0 Å². The number of carbonyl (C=O) groups is 1. The van der Waals surface area contributed by atoms with Crippen molar-refractivity contribution in [2.45, 2.75) is 26.1 Å². The zero-order valence-corrected chi connectivity index (χ0v) is 16.1. The molecule has 7 nitrogen and oxygen atoms in total. The lowest BCUT2D eigenvalue weighted by atomic mass is 10.1. The molecule has 3 rings (SSSR count). The van der Waals surface area contributed by atoms with Crippen LogP contribution >= 0.6 is 0 Å². The molecule has 0 saturated heterocycles. The molecular weight excluding hydrogens is 356 g/mol. The zero-order valence-electron chi connectivity index (χ0n) is 16.1. The summed E-state index contributed by atoms with van der Waals surface area (Å²) in [4.78, 5) is 40.8. The molecule has 0 atom stereocenters. The molecule has 3 aromatic rings. The van der Waals surface area contributed by atoms with Crippen LogP contribution in [0.25, 0.3) is 10.9 Å². The molecule has 0 bridgehead atoms. The maximum Gasteiger partial charge on any atom is 0.328 e. The van der Waals surface area contributed by atoms with Crippen molar-refractivity contribution in [3.63, 3.8) is 0 Å². The maximum absolute atomic E-state index is 12.3. The van der Waals surface area contributed by atoms with Gasteiger partial charge in [0.2, 0.25) is 5.91 Å². The molecule has 0 unspecified atom stereocenters. The smallest absolute Gasteiger partial charge is 0.328 e. The van der Waals surface area contributed by atoms with Crippen LogP contribution in [0.3, 0.4) is 0 Å². The molecule has 1 heterocycles. The van der Waals surface area contributed by atoms with E-state index < -0.39 is 11.2 Å². The summed E-state index contributed by atoms with van der Waals surface area (Å²) in [5.41, 5.74) is 1.83. The minimum atomic E-state index is -0.507. The van der Waals surface area contributed by atoms with Crippen molar-refractivity contribution in [2.24, 2.45) is 0 Å². The van der Waals surface area contributed by atoms with Crippen LogP contribution in [0.2, 0.25) is 0 Å². The van der Waals surface area contributed by atoms with Gasteiger partial charge in [-0.3, -0.25) is 19.1 Å². The fourth-order valence-electron chi connectivity index (χ4n) is 3.18. The number of fused-ring (bicyclic) bond motifs is 1. The van der Waals surface area contributed by atoms with Crippen molar-refractivity contribution in [1.82, 2.24) is 19.8 Å². The van der Waals surface area contributed by atoms with E-state index in [9.17, 15) is 14.4 Å². The Kier molecular flexibility index (Phi) is 6.06. The molecule has 0 spiro atoms. The van der Waals surface area contributed by atoms with Crippen molar-refractivity contribution < 1.29 is 4.79 Å². The second-order valence-corrected chi connectivity index (χ2v) is 6.96. The molecule has 0 aliphatic rings. The van der Waals surface area contributed by atoms with Crippen LogP contribution < -0.4 is 16.6 Å². The molecule has 0 aliphatic carbocycles. The van der Waals surface area contributed by atoms with Gasteiger partial charge in [0.15, 0.2) is 0 Å². The maximum atomic E-state index is 12.3. The zero-order chi connectivity index (χ0) is 20.1. The molecule has 7 heteroatoms. The molecule has 0 fully saturated rings. The SMILES string of the molecule is CN(C)Cc1ccccc1CNC(=O)CCn1c(=O)[nH]c(=O)c2ccccc21. The number of hydrogen-bond acceptors (Lipinski definition) is 4. The first-order chi connectivity index (χ1) is 13.5. The quantitative estimate of drug-likeness (QED) is 0.650. The number of benzene rings is 2. The minimum Gasteiger partial charge on any atom is -0.352 e. The Bertz CT molecular complexity index is 1100. The number of hydrogen-bond donors (Lipinski definition) is 2. The normalized spacial score (nSPS) is 11.1. The summed E-state index contributed by atoms with van der Waals surface area (Å²) >= 11 is 0. The molecule has 0 saturated carbocycles. The van der Waals surface area contributed by atoms with Gasteiger partial charge < -0.3 is 10.2 Å². The van der Waals surface area contributed by atoms with Crippen molar-refractivity contribution >= 4 is 16.8 Å². The lowest BCUT2D eigenvalue weighted by molar-refractivity contribution is -0.121. The van der Waals surface area contributed by atoms with Crippen molar-refractivity contribution in [3.05, 3.63) is 80.5 Å². The molecule has 2 aromatic carbocycles. The topological polar surface area (TPSA) is 87.2 Å². The highest BCUT2D eigenvalue weighted by Gasteiger charge is 2.10. The van der Waals surface area contributed by atoms with Crippen LogP contribution in [0.15, 0.2) is 58.1 Å². The van der Waals surface area contributed by atoms with Gasteiger partial charge in [-0.15, -0.1) is 0 Å². The van der Waals surface area contributed by atoms with Crippen LogP contribution in [-0.4, -0.2) is 34.5 Å². The van der Waals surface area contributed by atoms with Crippen molar-refractivity contribution in [1.29, 1.82) is 0 Å². The van der Waals surface area contributed by atoms with Crippen LogP contribution in [-0.2, 0) is 24.4 Å². The third-order valence-electron chi connectivity index (χ3n) is 4.55. The van der Waals surface area contributed by atoms with E-state index in [4.69, 9.17) is 0 Å². The molecule has 0 radical (unpaired) electrons. The van der Waals surface area contributed by atoms with Crippen LogP contribution in [0, 0.1) is 0 Å². The Morgan fingerprint density at radius 3 is 2.46 bits per heavy atom. The van der Waals surface area contributed by atoms with E-state index in [2.05, 4.69) is 15.2 Å². The van der Waals surface area contributed by atoms with Gasteiger partial charge in [-0.25, -0.2) is 4.79 Å². The third-order valence-corrected chi connectivity index (χ3v) is 4.55. The van der Waals surface area contributed by atoms with Crippen molar-refractivity contribution in [2.75, 3.05) is 14.1 Å². The fourth-order valence-corrected chi connectivity index (χ4v) is 3.18. The van der Waals surface area contributed by atoms with Gasteiger partial charge in [-0.1, -0.05) is 36.4 Å². The number of nitrogens with one attached hydrogen (secondary N) is 2. The Balaban J connectivity index is 1.67. The van der Waals surface area contributed by atoms with E-state index >= 15 is 0 Å². The standard InChI is InChI=1S/C21H24N4O3/c1-24(2)14-16-8-4-3-7-15(16)13-22-19(26)11-12-25-18-10-6-5-9-17(18)20(27)23-21(25)28/h3-10H,11-14H2,1-2H3,(H,22,26)(H,23,27,28). The van der Waals surface area contributed by atoms with Crippen LogP contribution in [0.1, 0.15) is 17.5 Å². The molecule has 146 valence electrons. The highest BCUT2D eigenvalue weighted by Crippen LogP contribution is 2.11. The van der Waals surface area contributed by atoms with E-state index in [1.807, 2.05) is 38.4 Å². The number of aromatic amines is 1. The average Bonchev–Trinajstić information content (AvgIpc) is 2.66. The van der Waals surface area contributed by atoms with Crippen molar-refractivity contribution in [3.8, 4) is 0 Å². The number of aryl methyl sites for hydroxylation is 1. The second-order valence-electron chi connectivity index (χ2n) is 6.96. The summed E-state index contributed by atoms with van der Waals surface area (Å²) < 4.78 is 1.43. The summed E-state index contributed by atoms with van der Waals surface area (Å²) in [6, 6.07) is 14.9. The summed E-state index contributed by atoms with van der Waals surface area (Å²) in [7, 11) is 4.00. The highest BCUT2D eigenvalue weighted by molar-refractivity contribution is 5.78. The lowest BCUT2D eigenvalue weighted by Gasteiger charge is -2.15. The number of amides is 1. The third kappa shape index (κ3) is 4.55. The summed E-state index contributed by atoms with van der Waals surface area (Å²) in [6.45, 7) is 1.43. The number of para-hydroxylation sites is 1. The first-order valence-electron chi connectivity index (χ1n) is 9.16. The van der Waals surface area contributed by atoms with Gasteiger partial charge >= 0.3 is 5.69 Å². The van der Waals surface area contributed by atoms with E-state index in [1.165, 1.54) is 4.57 Å². The van der Waals surface area contributed by atoms with Gasteiger partial charge in [0.1, 0.15) is 0 Å². The van der Waals surface area contributed by atoms with E-state index in [1.54, 1.807) is 24.3 Å². The second kappa shape index (κ2) is 8.67. The predicted molar refractivity (Wildman–Crippen MR) is 109 cm³/mol. The summed E-state index contributed by atoms with van der Waals surface area (Å²) in [6.07, 6.45) is 0.145. The minimum absolute atomic E-state index is 0.145. The Hall–Kier alpha value is -3.19. The molecular formula is C21H24N4O3. The van der Waals surface area contributed by atoms with Gasteiger partial charge in [0.25, 0.3) is 5.56 Å². The van der Waals surface area contributed by atoms with Crippen LogP contribution in [0.5, 0.6) is 0 Å². The van der Waals surface area contributed by atoms with Gasteiger partial charge in [0, 0.05) is 26.1 Å². The Morgan fingerprint density at radius 1 is 1.04 bits per heavy atom. The summed E-state index contributed by atoms with van der Waals surface area (Å²) in [5, 5.41) is 3.35. The first-order valence-corrected chi connectivity index (χ1v) is 9.16. The Morgan fingerprint density at radius 2 is 1.71 bits per heavy atom. The number of carbonyl (C=O) groups excluding carboxylic acids is 1. The van der Waals surface area contributed by atoms with Gasteiger partial charge in [-0.05, 0) is 37.4 Å². The van der Waals surface area contributed by atoms with Gasteiger partial charge in [-0.2, -0.15) is 0 Å². The fraction of sp³-hybridized carbons (Fsp3) is 0.286. The number of nitrogens with zero attached hydrogens (tertiary/aromatic N) is 2. The van der Waals surface area contributed by atoms with Gasteiger partial charge in [0.05, 0.1) is 10.9 Å². The highest BCUT2D eigenvalue weighted by atomic mass is 16.2. The molecule has 1 aromatic heterocycles.